The van der Waals surface area contributed by atoms with Crippen molar-refractivity contribution >= 4 is 34.6 Å². The molecule has 4 rings (SSSR count). The van der Waals surface area contributed by atoms with E-state index in [9.17, 15) is 9.65 Å². The first-order valence-electron chi connectivity index (χ1n) is 8.32. The number of nitrogens with zero attached hydrogens (tertiary/aromatic N) is 2. The van der Waals surface area contributed by atoms with Gasteiger partial charge in [-0.15, -0.1) is 11.3 Å². The highest BCUT2D eigenvalue weighted by molar-refractivity contribution is 7.11. The highest BCUT2D eigenvalue weighted by Gasteiger charge is 2.11. The molecule has 6 heteroatoms. The fraction of sp³-hybridized carbons (Fsp3) is 0. The number of hydrogen-bond donors (Lipinski definition) is 0. The Morgan fingerprint density at radius 1 is 1.11 bits per heavy atom. The van der Waals surface area contributed by atoms with Crippen LogP contribution in [0.3, 0.4) is 0 Å². The van der Waals surface area contributed by atoms with Gasteiger partial charge in [-0.05, 0) is 48.5 Å². The molecule has 136 valence electrons. The molecule has 2 aromatic carbocycles. The number of aromatic nitrogens is 1. The number of nitriles is 1. The SMILES string of the molecule is N#C/C(=C\c1ccc(-c2cccc(Cl)c2)o1)c1nc(-c2ccc(F)cc2)cs1. The maximum Gasteiger partial charge on any atom is 0.134 e. The van der Waals surface area contributed by atoms with E-state index in [1.54, 1.807) is 30.3 Å². The molecule has 0 atom stereocenters. The van der Waals surface area contributed by atoms with E-state index in [0.29, 0.717) is 32.8 Å². The van der Waals surface area contributed by atoms with Crippen molar-refractivity contribution in [1.82, 2.24) is 4.98 Å². The summed E-state index contributed by atoms with van der Waals surface area (Å²) in [7, 11) is 0. The summed E-state index contributed by atoms with van der Waals surface area (Å²) < 4.78 is 18.9. The van der Waals surface area contributed by atoms with Gasteiger partial charge in [-0.2, -0.15) is 5.26 Å². The Kier molecular flexibility index (Phi) is 5.07. The van der Waals surface area contributed by atoms with Crippen molar-refractivity contribution in [3.63, 3.8) is 0 Å². The predicted octanol–water partition coefficient (Wildman–Crippen LogP) is 6.93. The number of hydrogen-bond acceptors (Lipinski definition) is 4. The highest BCUT2D eigenvalue weighted by Crippen LogP contribution is 2.29. The van der Waals surface area contributed by atoms with Crippen LogP contribution in [0, 0.1) is 17.1 Å². The summed E-state index contributed by atoms with van der Waals surface area (Å²) in [5.74, 6) is 0.910. The summed E-state index contributed by atoms with van der Waals surface area (Å²) in [6.07, 6.45) is 1.65. The van der Waals surface area contributed by atoms with Crippen molar-refractivity contribution in [3.8, 4) is 28.7 Å². The number of benzene rings is 2. The van der Waals surface area contributed by atoms with E-state index in [2.05, 4.69) is 11.1 Å². The third-order valence-electron chi connectivity index (χ3n) is 4.02. The van der Waals surface area contributed by atoms with Crippen LogP contribution < -0.4 is 0 Å². The Morgan fingerprint density at radius 2 is 1.93 bits per heavy atom. The predicted molar refractivity (Wildman–Crippen MR) is 110 cm³/mol. The summed E-state index contributed by atoms with van der Waals surface area (Å²) >= 11 is 7.38. The molecule has 0 amide bonds. The zero-order valence-electron chi connectivity index (χ0n) is 14.4. The van der Waals surface area contributed by atoms with E-state index >= 15 is 0 Å². The molecule has 28 heavy (non-hydrogen) atoms. The van der Waals surface area contributed by atoms with Gasteiger partial charge in [-0.1, -0.05) is 23.7 Å². The molecule has 0 N–H and O–H groups in total. The highest BCUT2D eigenvalue weighted by atomic mass is 35.5. The number of halogens is 2. The van der Waals surface area contributed by atoms with Crippen LogP contribution in [0.1, 0.15) is 10.8 Å². The van der Waals surface area contributed by atoms with Gasteiger partial charge in [0.2, 0.25) is 0 Å². The second-order valence-corrected chi connectivity index (χ2v) is 7.22. The fourth-order valence-corrected chi connectivity index (χ4v) is 3.65. The fourth-order valence-electron chi connectivity index (χ4n) is 2.66. The van der Waals surface area contributed by atoms with Crippen molar-refractivity contribution in [2.75, 3.05) is 0 Å². The molecule has 0 aliphatic rings. The lowest BCUT2D eigenvalue weighted by atomic mass is 10.2. The van der Waals surface area contributed by atoms with Crippen molar-refractivity contribution in [2.24, 2.45) is 0 Å². The van der Waals surface area contributed by atoms with Crippen molar-refractivity contribution in [2.45, 2.75) is 0 Å². The van der Waals surface area contributed by atoms with Crippen LogP contribution in [0.4, 0.5) is 4.39 Å². The van der Waals surface area contributed by atoms with E-state index in [1.165, 1.54) is 23.5 Å². The van der Waals surface area contributed by atoms with Crippen LogP contribution in [0.15, 0.2) is 70.5 Å². The summed E-state index contributed by atoms with van der Waals surface area (Å²) in [5.41, 5.74) is 2.74. The van der Waals surface area contributed by atoms with Crippen molar-refractivity contribution in [1.29, 1.82) is 5.26 Å². The topological polar surface area (TPSA) is 49.8 Å². The van der Waals surface area contributed by atoms with E-state index in [0.717, 1.165) is 11.1 Å². The molecule has 4 aromatic rings. The average Bonchev–Trinajstić information content (AvgIpc) is 3.37. The molecule has 0 radical (unpaired) electrons. The van der Waals surface area contributed by atoms with Crippen LogP contribution in [0.5, 0.6) is 0 Å². The Hall–Kier alpha value is -3.20. The molecule has 2 aromatic heterocycles. The molecule has 0 aliphatic carbocycles. The maximum atomic E-state index is 13.1. The monoisotopic (exact) mass is 406 g/mol. The van der Waals surface area contributed by atoms with Gasteiger partial charge in [0, 0.05) is 27.6 Å². The van der Waals surface area contributed by atoms with E-state index in [4.69, 9.17) is 16.0 Å². The van der Waals surface area contributed by atoms with Crippen LogP contribution >= 0.6 is 22.9 Å². The Labute approximate surface area is 170 Å². The molecular formula is C22H12ClFN2OS. The van der Waals surface area contributed by atoms with Gasteiger partial charge in [0.15, 0.2) is 0 Å². The molecule has 0 saturated heterocycles. The minimum absolute atomic E-state index is 0.301. The van der Waals surface area contributed by atoms with Gasteiger partial charge in [-0.3, -0.25) is 0 Å². The zero-order valence-corrected chi connectivity index (χ0v) is 16.0. The normalized spacial score (nSPS) is 11.4. The number of rotatable bonds is 4. The summed E-state index contributed by atoms with van der Waals surface area (Å²) in [6, 6.07) is 19.2. The van der Waals surface area contributed by atoms with Crippen molar-refractivity contribution < 1.29 is 8.81 Å². The van der Waals surface area contributed by atoms with Gasteiger partial charge in [-0.25, -0.2) is 9.37 Å². The molecule has 3 nitrogen and oxygen atoms in total. The van der Waals surface area contributed by atoms with Gasteiger partial charge in [0.25, 0.3) is 0 Å². The first kappa shape index (κ1) is 18.2. The Balaban J connectivity index is 1.62. The van der Waals surface area contributed by atoms with Gasteiger partial charge in [0.1, 0.15) is 28.4 Å². The molecule has 0 fully saturated rings. The number of allylic oxidation sites excluding steroid dienone is 1. The van der Waals surface area contributed by atoms with E-state index < -0.39 is 0 Å². The largest absolute Gasteiger partial charge is 0.457 e. The van der Waals surface area contributed by atoms with Gasteiger partial charge in [0.05, 0.1) is 11.3 Å². The first-order chi connectivity index (χ1) is 13.6. The lowest BCUT2D eigenvalue weighted by Crippen LogP contribution is -1.83. The van der Waals surface area contributed by atoms with E-state index in [-0.39, 0.29) is 5.82 Å². The molecule has 0 unspecified atom stereocenters. The maximum absolute atomic E-state index is 13.1. The van der Waals surface area contributed by atoms with Gasteiger partial charge >= 0.3 is 0 Å². The smallest absolute Gasteiger partial charge is 0.134 e. The molecule has 0 saturated carbocycles. The lowest BCUT2D eigenvalue weighted by Gasteiger charge is -1.97. The quantitative estimate of drug-likeness (QED) is 0.345. The third kappa shape index (κ3) is 3.89. The second-order valence-electron chi connectivity index (χ2n) is 5.93. The van der Waals surface area contributed by atoms with Crippen LogP contribution in [0.25, 0.3) is 34.2 Å². The van der Waals surface area contributed by atoms with Crippen LogP contribution in [-0.2, 0) is 0 Å². The van der Waals surface area contributed by atoms with Crippen LogP contribution in [-0.4, -0.2) is 4.98 Å². The van der Waals surface area contributed by atoms with E-state index in [1.807, 2.05) is 29.6 Å². The zero-order chi connectivity index (χ0) is 19.5. The molecular weight excluding hydrogens is 395 g/mol. The standard InChI is InChI=1S/C22H12ClFN2OS/c23-17-3-1-2-15(10-17)21-9-8-19(27-21)11-16(12-25)22-26-20(13-28-22)14-4-6-18(24)7-5-14/h1-11,13H/b16-11+. The van der Waals surface area contributed by atoms with Crippen molar-refractivity contribution in [3.05, 3.63) is 87.7 Å². The summed E-state index contributed by atoms with van der Waals surface area (Å²) in [6.45, 7) is 0. The molecule has 0 spiro atoms. The second kappa shape index (κ2) is 7.81. The Morgan fingerprint density at radius 3 is 2.68 bits per heavy atom. The molecule has 0 aliphatic heterocycles. The summed E-state index contributed by atoms with van der Waals surface area (Å²) in [5, 5.41) is 12.6. The lowest BCUT2D eigenvalue weighted by molar-refractivity contribution is 0.572. The molecule has 2 heterocycles. The summed E-state index contributed by atoms with van der Waals surface area (Å²) in [4.78, 5) is 4.50. The molecule has 0 bridgehead atoms. The number of furan rings is 1. The number of thiazole rings is 1. The average molecular weight is 407 g/mol. The third-order valence-corrected chi connectivity index (χ3v) is 5.13. The van der Waals surface area contributed by atoms with Gasteiger partial charge < -0.3 is 4.42 Å². The Bertz CT molecular complexity index is 1200. The minimum Gasteiger partial charge on any atom is -0.457 e. The first-order valence-corrected chi connectivity index (χ1v) is 9.57. The minimum atomic E-state index is -0.301. The van der Waals surface area contributed by atoms with Crippen LogP contribution in [0.2, 0.25) is 5.02 Å².